The van der Waals surface area contributed by atoms with Crippen LogP contribution in [0.15, 0.2) is 24.3 Å². The lowest BCUT2D eigenvalue weighted by molar-refractivity contribution is -0.0405. The number of ether oxygens (including phenoxy) is 1. The molecule has 1 aliphatic rings. The van der Waals surface area contributed by atoms with E-state index < -0.39 is 0 Å². The maximum atomic E-state index is 13.3. The second-order valence-corrected chi connectivity index (χ2v) is 6.25. The molecule has 1 aliphatic heterocycles. The minimum absolute atomic E-state index is 0.0581. The van der Waals surface area contributed by atoms with Gasteiger partial charge in [-0.2, -0.15) is 10.4 Å². The van der Waals surface area contributed by atoms with Crippen LogP contribution in [0.3, 0.4) is 0 Å². The number of nitrogens with zero attached hydrogens (tertiary/aromatic N) is 4. The SMILES string of the molecule is Cc1cc(C)n(C[C@H]2CN(Cc3ccc(F)cc3C#N)CCO2)n1. The van der Waals surface area contributed by atoms with Crippen LogP contribution in [0, 0.1) is 31.0 Å². The van der Waals surface area contributed by atoms with Crippen molar-refractivity contribution in [2.24, 2.45) is 0 Å². The molecular weight excluding hydrogens is 307 g/mol. The molecule has 1 atom stereocenters. The summed E-state index contributed by atoms with van der Waals surface area (Å²) in [4.78, 5) is 2.24. The predicted octanol–water partition coefficient (Wildman–Crippen LogP) is 2.41. The zero-order chi connectivity index (χ0) is 17.1. The third kappa shape index (κ3) is 3.81. The summed E-state index contributed by atoms with van der Waals surface area (Å²) in [5.41, 5.74) is 3.38. The second kappa shape index (κ2) is 7.12. The van der Waals surface area contributed by atoms with Crippen molar-refractivity contribution in [1.29, 1.82) is 5.26 Å². The van der Waals surface area contributed by atoms with Crippen LogP contribution in [0.25, 0.3) is 0 Å². The fourth-order valence-electron chi connectivity index (χ4n) is 3.12. The number of nitriles is 1. The molecule has 3 rings (SSSR count). The van der Waals surface area contributed by atoms with Crippen LogP contribution in [0.5, 0.6) is 0 Å². The van der Waals surface area contributed by atoms with Crippen LogP contribution >= 0.6 is 0 Å². The molecule has 0 amide bonds. The normalized spacial score (nSPS) is 18.5. The van der Waals surface area contributed by atoms with Crippen molar-refractivity contribution in [3.63, 3.8) is 0 Å². The fourth-order valence-corrected chi connectivity index (χ4v) is 3.12. The first kappa shape index (κ1) is 16.6. The summed E-state index contributed by atoms with van der Waals surface area (Å²) in [6.07, 6.45) is 0.0581. The van der Waals surface area contributed by atoms with E-state index in [9.17, 15) is 9.65 Å². The van der Waals surface area contributed by atoms with Gasteiger partial charge in [0.05, 0.1) is 36.6 Å². The smallest absolute Gasteiger partial charge is 0.124 e. The van der Waals surface area contributed by atoms with Crippen molar-refractivity contribution in [2.75, 3.05) is 19.7 Å². The summed E-state index contributed by atoms with van der Waals surface area (Å²) in [5.74, 6) is -0.375. The molecule has 6 heteroatoms. The predicted molar refractivity (Wildman–Crippen MR) is 87.8 cm³/mol. The van der Waals surface area contributed by atoms with E-state index in [-0.39, 0.29) is 11.9 Å². The van der Waals surface area contributed by atoms with Gasteiger partial charge >= 0.3 is 0 Å². The van der Waals surface area contributed by atoms with E-state index in [2.05, 4.69) is 22.1 Å². The quantitative estimate of drug-likeness (QED) is 0.865. The Kier molecular flexibility index (Phi) is 4.93. The summed E-state index contributed by atoms with van der Waals surface area (Å²) >= 11 is 0. The monoisotopic (exact) mass is 328 g/mol. The van der Waals surface area contributed by atoms with Gasteiger partial charge in [0.2, 0.25) is 0 Å². The minimum atomic E-state index is -0.375. The molecule has 1 saturated heterocycles. The Morgan fingerprint density at radius 1 is 1.38 bits per heavy atom. The third-order valence-corrected chi connectivity index (χ3v) is 4.29. The molecule has 5 nitrogen and oxygen atoms in total. The average Bonchev–Trinajstić information content (AvgIpc) is 2.87. The van der Waals surface area contributed by atoms with E-state index in [4.69, 9.17) is 4.74 Å². The van der Waals surface area contributed by atoms with E-state index in [0.717, 1.165) is 30.0 Å². The Labute approximate surface area is 141 Å². The molecule has 126 valence electrons. The number of rotatable bonds is 4. The van der Waals surface area contributed by atoms with Crippen LogP contribution in [0.1, 0.15) is 22.5 Å². The lowest BCUT2D eigenvalue weighted by Gasteiger charge is -2.33. The first-order valence-corrected chi connectivity index (χ1v) is 8.08. The van der Waals surface area contributed by atoms with Crippen molar-refractivity contribution in [3.8, 4) is 6.07 Å². The van der Waals surface area contributed by atoms with Crippen molar-refractivity contribution in [1.82, 2.24) is 14.7 Å². The molecule has 0 spiro atoms. The van der Waals surface area contributed by atoms with Crippen LogP contribution < -0.4 is 0 Å². The highest BCUT2D eigenvalue weighted by molar-refractivity contribution is 5.37. The van der Waals surface area contributed by atoms with Gasteiger partial charge in [0.15, 0.2) is 0 Å². The number of aromatic nitrogens is 2. The summed E-state index contributed by atoms with van der Waals surface area (Å²) in [6.45, 7) is 7.57. The Morgan fingerprint density at radius 3 is 2.92 bits per heavy atom. The Hall–Kier alpha value is -2.23. The first-order chi connectivity index (χ1) is 11.5. The molecule has 2 heterocycles. The van der Waals surface area contributed by atoms with Gasteiger partial charge in [-0.1, -0.05) is 6.07 Å². The fraction of sp³-hybridized carbons (Fsp3) is 0.444. The first-order valence-electron chi connectivity index (χ1n) is 8.08. The van der Waals surface area contributed by atoms with E-state index in [1.807, 2.05) is 18.5 Å². The maximum absolute atomic E-state index is 13.3. The molecule has 1 aromatic heterocycles. The van der Waals surface area contributed by atoms with Gasteiger partial charge in [-0.25, -0.2) is 4.39 Å². The highest BCUT2D eigenvalue weighted by atomic mass is 19.1. The number of morpholine rings is 1. The van der Waals surface area contributed by atoms with Gasteiger partial charge in [-0.3, -0.25) is 9.58 Å². The molecule has 2 aromatic rings. The molecule has 1 fully saturated rings. The topological polar surface area (TPSA) is 54.1 Å². The molecular formula is C18H21FN4O. The zero-order valence-electron chi connectivity index (χ0n) is 14.0. The maximum Gasteiger partial charge on any atom is 0.124 e. The van der Waals surface area contributed by atoms with Crippen molar-refractivity contribution >= 4 is 0 Å². The van der Waals surface area contributed by atoms with Gasteiger partial charge in [-0.15, -0.1) is 0 Å². The molecule has 0 unspecified atom stereocenters. The Morgan fingerprint density at radius 2 is 2.21 bits per heavy atom. The molecule has 0 saturated carbocycles. The van der Waals surface area contributed by atoms with E-state index in [1.54, 1.807) is 6.07 Å². The highest BCUT2D eigenvalue weighted by Crippen LogP contribution is 2.16. The molecule has 0 radical (unpaired) electrons. The van der Waals surface area contributed by atoms with Gasteiger partial charge in [0.25, 0.3) is 0 Å². The number of aryl methyl sites for hydroxylation is 2. The van der Waals surface area contributed by atoms with Crippen LogP contribution in [-0.2, 0) is 17.8 Å². The van der Waals surface area contributed by atoms with E-state index in [0.29, 0.717) is 25.3 Å². The van der Waals surface area contributed by atoms with Crippen LogP contribution in [-0.4, -0.2) is 40.5 Å². The van der Waals surface area contributed by atoms with Crippen molar-refractivity contribution in [2.45, 2.75) is 33.0 Å². The molecule has 24 heavy (non-hydrogen) atoms. The van der Waals surface area contributed by atoms with Gasteiger partial charge in [-0.05, 0) is 37.6 Å². The molecule has 0 aliphatic carbocycles. The Bertz CT molecular complexity index is 765. The van der Waals surface area contributed by atoms with Gasteiger partial charge in [0.1, 0.15) is 5.82 Å². The standard InChI is InChI=1S/C18H21FN4O/c1-13-7-14(2)23(21-13)12-18-11-22(5-6-24-18)10-15-3-4-17(19)8-16(15)9-20/h3-4,7-8,18H,5-6,10-12H2,1-2H3/t18-/m1/s1. The number of benzene rings is 1. The number of halogens is 1. The van der Waals surface area contributed by atoms with E-state index >= 15 is 0 Å². The molecule has 1 aromatic carbocycles. The number of hydrogen-bond acceptors (Lipinski definition) is 4. The molecule has 0 N–H and O–H groups in total. The van der Waals surface area contributed by atoms with Gasteiger partial charge in [0, 0.05) is 25.3 Å². The minimum Gasteiger partial charge on any atom is -0.374 e. The van der Waals surface area contributed by atoms with E-state index in [1.165, 1.54) is 12.1 Å². The van der Waals surface area contributed by atoms with Crippen molar-refractivity contribution in [3.05, 3.63) is 52.6 Å². The Balaban J connectivity index is 1.66. The summed E-state index contributed by atoms with van der Waals surface area (Å²) in [6, 6.07) is 8.52. The lowest BCUT2D eigenvalue weighted by atomic mass is 10.1. The largest absolute Gasteiger partial charge is 0.374 e. The van der Waals surface area contributed by atoms with Crippen LogP contribution in [0.2, 0.25) is 0 Å². The second-order valence-electron chi connectivity index (χ2n) is 6.25. The third-order valence-electron chi connectivity index (χ3n) is 4.29. The van der Waals surface area contributed by atoms with Gasteiger partial charge < -0.3 is 4.74 Å². The average molecular weight is 328 g/mol. The highest BCUT2D eigenvalue weighted by Gasteiger charge is 2.22. The molecule has 0 bridgehead atoms. The summed E-state index contributed by atoms with van der Waals surface area (Å²) in [7, 11) is 0. The zero-order valence-corrected chi connectivity index (χ0v) is 14.0. The van der Waals surface area contributed by atoms with Crippen LogP contribution in [0.4, 0.5) is 4.39 Å². The number of hydrogen-bond donors (Lipinski definition) is 0. The summed E-state index contributed by atoms with van der Waals surface area (Å²) in [5, 5.41) is 13.7. The summed E-state index contributed by atoms with van der Waals surface area (Å²) < 4.78 is 21.1. The van der Waals surface area contributed by atoms with Crippen molar-refractivity contribution < 1.29 is 9.13 Å². The lowest BCUT2D eigenvalue weighted by Crippen LogP contribution is -2.44.